The van der Waals surface area contributed by atoms with Gasteiger partial charge in [-0.25, -0.2) is 0 Å². The van der Waals surface area contributed by atoms with Gasteiger partial charge in [0.15, 0.2) is 0 Å². The van der Waals surface area contributed by atoms with Gasteiger partial charge in [0.05, 0.1) is 19.1 Å². The Morgan fingerprint density at radius 2 is 1.81 bits per heavy atom. The van der Waals surface area contributed by atoms with Gasteiger partial charge in [-0.15, -0.1) is 0 Å². The van der Waals surface area contributed by atoms with Crippen molar-refractivity contribution in [1.82, 2.24) is 0 Å². The lowest BCUT2D eigenvalue weighted by Gasteiger charge is -2.19. The second-order valence-electron chi connectivity index (χ2n) is 6.86. The van der Waals surface area contributed by atoms with Crippen LogP contribution in [0.4, 0.5) is 0 Å². The Balaban J connectivity index is 1.48. The third-order valence-electron chi connectivity index (χ3n) is 5.12. The van der Waals surface area contributed by atoms with E-state index >= 15 is 0 Å². The summed E-state index contributed by atoms with van der Waals surface area (Å²) in [4.78, 5) is 11.5. The summed E-state index contributed by atoms with van der Waals surface area (Å²) < 4.78 is 12.8. The van der Waals surface area contributed by atoms with Gasteiger partial charge in [-0.2, -0.15) is 0 Å². The van der Waals surface area contributed by atoms with Crippen LogP contribution >= 0.6 is 22.6 Å². The molecule has 1 aliphatic rings. The van der Waals surface area contributed by atoms with Crippen LogP contribution in [-0.4, -0.2) is 24.3 Å². The largest absolute Gasteiger partial charge is 0.493 e. The van der Waals surface area contributed by atoms with E-state index in [1.165, 1.54) is 14.7 Å². The Morgan fingerprint density at radius 1 is 1.15 bits per heavy atom. The molecule has 0 saturated heterocycles. The van der Waals surface area contributed by atoms with Crippen molar-refractivity contribution in [3.05, 3.63) is 57.2 Å². The van der Waals surface area contributed by atoms with Crippen molar-refractivity contribution in [3.63, 3.8) is 0 Å². The molecular weight excluding hydrogens is 455 g/mol. The first-order valence-corrected chi connectivity index (χ1v) is 10.5. The molecule has 5 heteroatoms. The Hall–Kier alpha value is -1.76. The van der Waals surface area contributed by atoms with E-state index in [-0.39, 0.29) is 11.8 Å². The van der Waals surface area contributed by atoms with E-state index in [4.69, 9.17) is 9.47 Å². The topological polar surface area (TPSA) is 55.8 Å². The number of carboxylic acids is 1. The Labute approximate surface area is 174 Å². The summed E-state index contributed by atoms with van der Waals surface area (Å²) in [7, 11) is 0. The third kappa shape index (κ3) is 5.15. The molecule has 2 aromatic carbocycles. The van der Waals surface area contributed by atoms with Crippen LogP contribution in [0.1, 0.15) is 43.2 Å². The zero-order valence-electron chi connectivity index (χ0n) is 15.5. The van der Waals surface area contributed by atoms with Gasteiger partial charge >= 0.3 is 5.97 Å². The van der Waals surface area contributed by atoms with Crippen molar-refractivity contribution in [2.45, 2.75) is 38.5 Å². The molecule has 0 bridgehead atoms. The van der Waals surface area contributed by atoms with Crippen LogP contribution in [0.2, 0.25) is 0 Å². The first-order valence-electron chi connectivity index (χ1n) is 9.45. The molecule has 4 nitrogen and oxygen atoms in total. The molecule has 0 fully saturated rings. The Morgan fingerprint density at radius 3 is 2.48 bits per heavy atom. The number of benzene rings is 2. The highest BCUT2D eigenvalue weighted by Gasteiger charge is 2.33. The van der Waals surface area contributed by atoms with Gasteiger partial charge in [-0.1, -0.05) is 13.0 Å². The van der Waals surface area contributed by atoms with Crippen LogP contribution in [0.3, 0.4) is 0 Å². The number of aliphatic carboxylic acids is 1. The first kappa shape index (κ1) is 20.0. The summed E-state index contributed by atoms with van der Waals surface area (Å²) in [5, 5.41) is 9.44. The van der Waals surface area contributed by atoms with Gasteiger partial charge < -0.3 is 14.6 Å². The van der Waals surface area contributed by atoms with Crippen LogP contribution in [0.5, 0.6) is 11.5 Å². The fourth-order valence-corrected chi connectivity index (χ4v) is 4.10. The number of hydrogen-bond donors (Lipinski definition) is 1. The van der Waals surface area contributed by atoms with Gasteiger partial charge in [0.2, 0.25) is 0 Å². The average Bonchev–Trinajstić information content (AvgIpc) is 3.06. The van der Waals surface area contributed by atoms with Crippen LogP contribution in [-0.2, 0) is 11.2 Å². The SMILES string of the molecule is CCC(C(=O)O)[C@@H]1CCc2cc(OCCCOc3ccc(I)cc3)ccc21. The summed E-state index contributed by atoms with van der Waals surface area (Å²) >= 11 is 2.27. The molecule has 3 rings (SSSR count). The van der Waals surface area contributed by atoms with Gasteiger partial charge in [-0.3, -0.25) is 4.79 Å². The monoisotopic (exact) mass is 480 g/mol. The van der Waals surface area contributed by atoms with E-state index in [0.717, 1.165) is 30.8 Å². The van der Waals surface area contributed by atoms with E-state index in [0.29, 0.717) is 19.6 Å². The van der Waals surface area contributed by atoms with Crippen LogP contribution in [0.25, 0.3) is 0 Å². The highest BCUT2D eigenvalue weighted by Crippen LogP contribution is 2.41. The number of carbonyl (C=O) groups is 1. The van der Waals surface area contributed by atoms with Crippen LogP contribution in [0, 0.1) is 9.49 Å². The van der Waals surface area contributed by atoms with Gasteiger partial charge in [0, 0.05) is 9.99 Å². The van der Waals surface area contributed by atoms with Crippen LogP contribution < -0.4 is 9.47 Å². The molecule has 27 heavy (non-hydrogen) atoms. The summed E-state index contributed by atoms with van der Waals surface area (Å²) in [6.45, 7) is 3.16. The third-order valence-corrected chi connectivity index (χ3v) is 5.84. The molecule has 0 radical (unpaired) electrons. The second kappa shape index (κ2) is 9.44. The summed E-state index contributed by atoms with van der Waals surface area (Å²) in [5.74, 6) is 0.869. The highest BCUT2D eigenvalue weighted by atomic mass is 127. The lowest BCUT2D eigenvalue weighted by molar-refractivity contribution is -0.142. The average molecular weight is 480 g/mol. The summed E-state index contributed by atoms with van der Waals surface area (Å²) in [5.41, 5.74) is 2.41. The second-order valence-corrected chi connectivity index (χ2v) is 8.11. The van der Waals surface area contributed by atoms with Gasteiger partial charge in [0.25, 0.3) is 0 Å². The zero-order chi connectivity index (χ0) is 19.2. The van der Waals surface area contributed by atoms with Gasteiger partial charge in [-0.05, 0) is 95.3 Å². The molecule has 2 atom stereocenters. The minimum Gasteiger partial charge on any atom is -0.493 e. The smallest absolute Gasteiger partial charge is 0.307 e. The van der Waals surface area contributed by atoms with Crippen molar-refractivity contribution in [1.29, 1.82) is 0 Å². The molecule has 144 valence electrons. The van der Waals surface area contributed by atoms with Gasteiger partial charge in [0.1, 0.15) is 11.5 Å². The van der Waals surface area contributed by atoms with E-state index in [1.807, 2.05) is 37.3 Å². The molecule has 0 aromatic heterocycles. The van der Waals surface area contributed by atoms with E-state index in [2.05, 4.69) is 34.7 Å². The molecule has 1 unspecified atom stereocenters. The molecular formula is C22H25IO4. The summed E-state index contributed by atoms with van der Waals surface area (Å²) in [6, 6.07) is 14.1. The standard InChI is InChI=1S/C22H25IO4/c1-2-19(22(24)25)21-10-4-15-14-18(9-11-20(15)21)27-13-3-12-26-17-7-5-16(23)6-8-17/h5-9,11,14,19,21H,2-4,10,12-13H2,1H3,(H,24,25)/t19?,21-/m0/s1. The van der Waals surface area contributed by atoms with Crippen LogP contribution in [0.15, 0.2) is 42.5 Å². The number of halogens is 1. The molecule has 0 heterocycles. The quantitative estimate of drug-likeness (QED) is 0.392. The van der Waals surface area contributed by atoms with Crippen molar-refractivity contribution < 1.29 is 19.4 Å². The maximum atomic E-state index is 11.5. The first-order chi connectivity index (χ1) is 13.1. The predicted molar refractivity (Wildman–Crippen MR) is 114 cm³/mol. The normalized spacial score (nSPS) is 16.6. The summed E-state index contributed by atoms with van der Waals surface area (Å²) in [6.07, 6.45) is 3.31. The minimum absolute atomic E-state index is 0.124. The van der Waals surface area contributed by atoms with E-state index in [9.17, 15) is 9.90 Å². The fraction of sp³-hybridized carbons (Fsp3) is 0.409. The maximum absolute atomic E-state index is 11.5. The fourth-order valence-electron chi connectivity index (χ4n) is 3.74. The molecule has 0 spiro atoms. The Kier molecular flexibility index (Phi) is 6.99. The molecule has 0 amide bonds. The maximum Gasteiger partial charge on any atom is 0.307 e. The molecule has 1 aliphatic carbocycles. The number of rotatable bonds is 9. The van der Waals surface area contributed by atoms with Crippen molar-refractivity contribution in [2.75, 3.05) is 13.2 Å². The molecule has 2 aromatic rings. The van der Waals surface area contributed by atoms with E-state index in [1.54, 1.807) is 0 Å². The number of fused-ring (bicyclic) bond motifs is 1. The predicted octanol–water partition coefficient (Wildman–Crippen LogP) is 5.28. The minimum atomic E-state index is -0.691. The molecule has 0 aliphatic heterocycles. The van der Waals surface area contributed by atoms with Crippen molar-refractivity contribution in [2.24, 2.45) is 5.92 Å². The molecule has 1 N–H and O–H groups in total. The number of carboxylic acid groups (broad SMARTS) is 1. The van der Waals surface area contributed by atoms with Crippen molar-refractivity contribution >= 4 is 28.6 Å². The number of aryl methyl sites for hydroxylation is 1. The lowest BCUT2D eigenvalue weighted by Crippen LogP contribution is -2.19. The molecule has 0 saturated carbocycles. The highest BCUT2D eigenvalue weighted by molar-refractivity contribution is 14.1. The zero-order valence-corrected chi connectivity index (χ0v) is 17.6. The van der Waals surface area contributed by atoms with E-state index < -0.39 is 5.97 Å². The van der Waals surface area contributed by atoms with Crippen molar-refractivity contribution in [3.8, 4) is 11.5 Å². The number of hydrogen-bond acceptors (Lipinski definition) is 3. The number of ether oxygens (including phenoxy) is 2. The lowest BCUT2D eigenvalue weighted by atomic mass is 9.85. The Bertz CT molecular complexity index is 772.